The van der Waals surface area contributed by atoms with Gasteiger partial charge < -0.3 is 4.57 Å². The van der Waals surface area contributed by atoms with E-state index in [4.69, 9.17) is 23.2 Å². The molecule has 0 aliphatic rings. The van der Waals surface area contributed by atoms with E-state index in [2.05, 4.69) is 66.2 Å². The van der Waals surface area contributed by atoms with Crippen molar-refractivity contribution in [1.82, 2.24) is 4.57 Å². The Balaban J connectivity index is 1.61. The summed E-state index contributed by atoms with van der Waals surface area (Å²) in [7, 11) is 0. The van der Waals surface area contributed by atoms with E-state index >= 15 is 0 Å². The Morgan fingerprint density at radius 2 is 1.59 bits per heavy atom. The van der Waals surface area contributed by atoms with Crippen LogP contribution in [0.3, 0.4) is 0 Å². The predicted molar refractivity (Wildman–Crippen MR) is 118 cm³/mol. The minimum absolute atomic E-state index is 0.597. The van der Waals surface area contributed by atoms with Crippen LogP contribution in [0.15, 0.2) is 77.8 Å². The molecule has 4 heteroatoms. The fourth-order valence-corrected chi connectivity index (χ4v) is 4.49. The second kappa shape index (κ2) is 8.02. The van der Waals surface area contributed by atoms with Gasteiger partial charge in [0.25, 0.3) is 0 Å². The number of nitrogens with zero attached hydrogens (tertiary/aromatic N) is 1. The Morgan fingerprint density at radius 1 is 0.852 bits per heavy atom. The summed E-state index contributed by atoms with van der Waals surface area (Å²) in [6.07, 6.45) is 2.26. The van der Waals surface area contributed by atoms with Crippen molar-refractivity contribution in [2.45, 2.75) is 24.1 Å². The zero-order valence-corrected chi connectivity index (χ0v) is 17.3. The van der Waals surface area contributed by atoms with E-state index in [1.165, 1.54) is 32.5 Å². The Kier molecular flexibility index (Phi) is 5.49. The minimum atomic E-state index is 0.597. The average molecular weight is 412 g/mol. The fourth-order valence-electron chi connectivity index (χ4n) is 3.14. The van der Waals surface area contributed by atoms with Crippen LogP contribution in [-0.4, -0.2) is 4.57 Å². The lowest BCUT2D eigenvalue weighted by molar-refractivity contribution is 0.829. The van der Waals surface area contributed by atoms with E-state index in [1.807, 2.05) is 30.0 Å². The molecular formula is C23H19Cl2NS. The summed E-state index contributed by atoms with van der Waals surface area (Å²) < 4.78 is 2.33. The number of hydrogen-bond donors (Lipinski definition) is 0. The molecular weight excluding hydrogens is 393 g/mol. The summed E-state index contributed by atoms with van der Waals surface area (Å²) in [5, 5.41) is 2.49. The van der Waals surface area contributed by atoms with Crippen LogP contribution in [-0.2, 0) is 12.3 Å². The molecule has 27 heavy (non-hydrogen) atoms. The summed E-state index contributed by atoms with van der Waals surface area (Å²) in [5.41, 5.74) is 5.02. The van der Waals surface area contributed by atoms with Gasteiger partial charge in [-0.25, -0.2) is 0 Å². The Bertz CT molecular complexity index is 1080. The van der Waals surface area contributed by atoms with Gasteiger partial charge in [0.1, 0.15) is 0 Å². The highest BCUT2D eigenvalue weighted by Gasteiger charge is 2.10. The van der Waals surface area contributed by atoms with Crippen LogP contribution >= 0.6 is 35.0 Å². The highest BCUT2D eigenvalue weighted by molar-refractivity contribution is 7.98. The quantitative estimate of drug-likeness (QED) is 0.306. The largest absolute Gasteiger partial charge is 0.342 e. The number of thioether (sulfide) groups is 1. The van der Waals surface area contributed by atoms with Gasteiger partial charge in [0.05, 0.1) is 10.0 Å². The fraction of sp³-hybridized carbons (Fsp3) is 0.130. The van der Waals surface area contributed by atoms with Crippen molar-refractivity contribution in [3.63, 3.8) is 0 Å². The Labute approximate surface area is 173 Å². The van der Waals surface area contributed by atoms with Gasteiger partial charge in [-0.15, -0.1) is 11.8 Å². The number of hydrogen-bond acceptors (Lipinski definition) is 1. The molecule has 0 spiro atoms. The molecule has 1 nitrogen and oxygen atoms in total. The Morgan fingerprint density at radius 3 is 2.37 bits per heavy atom. The molecule has 0 aliphatic carbocycles. The first kappa shape index (κ1) is 18.5. The molecule has 0 saturated carbocycles. The zero-order valence-electron chi connectivity index (χ0n) is 15.0. The van der Waals surface area contributed by atoms with Gasteiger partial charge >= 0.3 is 0 Å². The number of rotatable bonds is 5. The van der Waals surface area contributed by atoms with Gasteiger partial charge in [0, 0.05) is 34.3 Å². The molecule has 0 amide bonds. The third kappa shape index (κ3) is 4.19. The number of halogens is 2. The van der Waals surface area contributed by atoms with Gasteiger partial charge in [-0.3, -0.25) is 0 Å². The van der Waals surface area contributed by atoms with E-state index in [9.17, 15) is 0 Å². The first-order valence-electron chi connectivity index (χ1n) is 8.80. The normalized spacial score (nSPS) is 11.2. The van der Waals surface area contributed by atoms with Crippen molar-refractivity contribution >= 4 is 45.9 Å². The van der Waals surface area contributed by atoms with Gasteiger partial charge in [-0.2, -0.15) is 0 Å². The van der Waals surface area contributed by atoms with Gasteiger partial charge in [0.15, 0.2) is 0 Å². The molecule has 0 unspecified atom stereocenters. The summed E-state index contributed by atoms with van der Waals surface area (Å²) in [5.74, 6) is 0.857. The van der Waals surface area contributed by atoms with Crippen LogP contribution in [0.25, 0.3) is 10.9 Å². The highest BCUT2D eigenvalue weighted by atomic mass is 35.5. The predicted octanol–water partition coefficient (Wildman–Crippen LogP) is 7.60. The first-order chi connectivity index (χ1) is 13.1. The molecule has 0 atom stereocenters. The molecule has 136 valence electrons. The highest BCUT2D eigenvalue weighted by Crippen LogP contribution is 2.33. The summed E-state index contributed by atoms with van der Waals surface area (Å²) >= 11 is 14.0. The van der Waals surface area contributed by atoms with Crippen molar-refractivity contribution in [3.8, 4) is 0 Å². The van der Waals surface area contributed by atoms with Gasteiger partial charge in [0.2, 0.25) is 0 Å². The molecule has 0 fully saturated rings. The van der Waals surface area contributed by atoms with Crippen molar-refractivity contribution < 1.29 is 0 Å². The molecule has 4 rings (SSSR count). The van der Waals surface area contributed by atoms with E-state index in [-0.39, 0.29) is 0 Å². The SMILES string of the molecule is Cc1ccc(Cn2cc(SCc3ccc(Cl)c(Cl)c3)c3ccccc32)cc1. The van der Waals surface area contributed by atoms with E-state index in [0.717, 1.165) is 12.3 Å². The average Bonchev–Trinajstić information content (AvgIpc) is 3.02. The van der Waals surface area contributed by atoms with Crippen LogP contribution in [0.4, 0.5) is 0 Å². The summed E-state index contributed by atoms with van der Waals surface area (Å²) in [4.78, 5) is 1.28. The number of aryl methyl sites for hydroxylation is 1. The van der Waals surface area contributed by atoms with Gasteiger partial charge in [-0.05, 0) is 36.2 Å². The van der Waals surface area contributed by atoms with Crippen LogP contribution in [0.1, 0.15) is 16.7 Å². The first-order valence-corrected chi connectivity index (χ1v) is 10.5. The van der Waals surface area contributed by atoms with Crippen molar-refractivity contribution in [2.24, 2.45) is 0 Å². The zero-order chi connectivity index (χ0) is 18.8. The van der Waals surface area contributed by atoms with Crippen LogP contribution in [0.2, 0.25) is 10.0 Å². The van der Waals surface area contributed by atoms with Crippen molar-refractivity contribution in [2.75, 3.05) is 0 Å². The smallest absolute Gasteiger partial charge is 0.0595 e. The van der Waals surface area contributed by atoms with Gasteiger partial charge in [-0.1, -0.05) is 77.3 Å². The number of benzene rings is 3. The molecule has 0 aliphatic heterocycles. The third-order valence-electron chi connectivity index (χ3n) is 4.60. The molecule has 0 radical (unpaired) electrons. The van der Waals surface area contributed by atoms with Crippen molar-refractivity contribution in [3.05, 3.63) is 99.7 Å². The maximum atomic E-state index is 6.15. The topological polar surface area (TPSA) is 4.93 Å². The Hall–Kier alpha value is -1.87. The maximum absolute atomic E-state index is 6.15. The van der Waals surface area contributed by atoms with Crippen LogP contribution in [0, 0.1) is 6.92 Å². The second-order valence-electron chi connectivity index (χ2n) is 6.66. The summed E-state index contributed by atoms with van der Waals surface area (Å²) in [6.45, 7) is 2.99. The number of fused-ring (bicyclic) bond motifs is 1. The lowest BCUT2D eigenvalue weighted by atomic mass is 10.1. The third-order valence-corrected chi connectivity index (χ3v) is 6.46. The maximum Gasteiger partial charge on any atom is 0.0595 e. The second-order valence-corrected chi connectivity index (χ2v) is 8.49. The lowest BCUT2D eigenvalue weighted by Crippen LogP contribution is -1.97. The molecule has 1 heterocycles. The van der Waals surface area contributed by atoms with E-state index in [0.29, 0.717) is 10.0 Å². The number of aromatic nitrogens is 1. The lowest BCUT2D eigenvalue weighted by Gasteiger charge is -2.06. The standard InChI is InChI=1S/C23H19Cl2NS/c1-16-6-8-17(9-7-16)13-26-14-23(19-4-2-3-5-22(19)26)27-15-18-10-11-20(24)21(25)12-18/h2-12,14H,13,15H2,1H3. The van der Waals surface area contributed by atoms with E-state index in [1.54, 1.807) is 0 Å². The molecule has 0 saturated heterocycles. The monoisotopic (exact) mass is 411 g/mol. The van der Waals surface area contributed by atoms with E-state index < -0.39 is 0 Å². The van der Waals surface area contributed by atoms with Crippen molar-refractivity contribution in [1.29, 1.82) is 0 Å². The molecule has 0 bridgehead atoms. The molecule has 4 aromatic rings. The molecule has 1 aromatic heterocycles. The minimum Gasteiger partial charge on any atom is -0.342 e. The molecule has 3 aromatic carbocycles. The number of para-hydroxylation sites is 1. The van der Waals surface area contributed by atoms with Crippen LogP contribution in [0.5, 0.6) is 0 Å². The molecule has 0 N–H and O–H groups in total. The van der Waals surface area contributed by atoms with Crippen LogP contribution < -0.4 is 0 Å². The summed E-state index contributed by atoms with van der Waals surface area (Å²) in [6, 6.07) is 23.2.